The zero-order valence-corrected chi connectivity index (χ0v) is 19.7. The Hall–Kier alpha value is -3.23. The van der Waals surface area contributed by atoms with E-state index in [4.69, 9.17) is 5.73 Å². The Balaban J connectivity index is 1.81. The van der Waals surface area contributed by atoms with Gasteiger partial charge in [-0.15, -0.1) is 0 Å². The lowest BCUT2D eigenvalue weighted by Crippen LogP contribution is -2.54. The third kappa shape index (κ3) is 5.81. The number of phenols is 2. The maximum Gasteiger partial charge on any atom is 0.246 e. The number of benzene rings is 2. The number of aromatic hydroxyl groups is 2. The molecule has 1 saturated heterocycles. The summed E-state index contributed by atoms with van der Waals surface area (Å²) in [5.74, 6) is -1.82. The molecule has 0 unspecified atom stereocenters. The van der Waals surface area contributed by atoms with E-state index in [0.717, 1.165) is 12.0 Å². The summed E-state index contributed by atoms with van der Waals surface area (Å²) in [6.45, 7) is 4.46. The first-order valence-corrected chi connectivity index (χ1v) is 11.7. The molecular formula is C26H33N3O5. The van der Waals surface area contributed by atoms with Gasteiger partial charge in [0.05, 0.1) is 25.2 Å². The topological polar surface area (TPSA) is 124 Å². The molecule has 3 rings (SSSR count). The normalized spacial score (nSPS) is 17.8. The summed E-state index contributed by atoms with van der Waals surface area (Å²) < 4.78 is 0. The first-order chi connectivity index (χ1) is 16.2. The number of nitrogens with two attached hydrogens (primary N) is 1. The molecule has 2 aromatic carbocycles. The number of hydrogen-bond donors (Lipinski definition) is 3. The quantitative estimate of drug-likeness (QED) is 0.383. The number of carbonyl (C=O) groups is 3. The van der Waals surface area contributed by atoms with Gasteiger partial charge >= 0.3 is 0 Å². The van der Waals surface area contributed by atoms with Crippen LogP contribution in [0.15, 0.2) is 48.5 Å². The standard InChI is InChI=1S/C26H33N3O5/c1-3-17(2)24(27)26(34)29(15-18-8-5-4-6-9-18)25(33)20-10-7-13-28(20)16-23(32)19-11-12-21(30)22(31)14-19/h4-6,8-9,11-12,14,17,20,24,30-31H,3,7,10,13,15-16,27H2,1-2H3/t17-,20-,24-/m0/s1. The van der Waals surface area contributed by atoms with Gasteiger partial charge in [-0.05, 0) is 49.1 Å². The minimum atomic E-state index is -0.797. The number of hydrogen-bond acceptors (Lipinski definition) is 7. The number of Topliss-reactive ketones (excluding diaryl/α,β-unsaturated/α-hetero) is 1. The van der Waals surface area contributed by atoms with Crippen LogP contribution in [-0.4, -0.2) is 62.8 Å². The molecule has 1 fully saturated rings. The fourth-order valence-electron chi connectivity index (χ4n) is 4.16. The lowest BCUT2D eigenvalue weighted by Gasteiger charge is -2.31. The van der Waals surface area contributed by atoms with E-state index in [0.29, 0.717) is 19.4 Å². The van der Waals surface area contributed by atoms with Gasteiger partial charge in [-0.1, -0.05) is 50.6 Å². The first kappa shape index (κ1) is 25.4. The molecule has 0 saturated carbocycles. The molecule has 0 radical (unpaired) electrons. The number of imide groups is 1. The second-order valence-electron chi connectivity index (χ2n) is 8.91. The van der Waals surface area contributed by atoms with Gasteiger partial charge in [-0.25, -0.2) is 0 Å². The Bertz CT molecular complexity index is 1030. The van der Waals surface area contributed by atoms with E-state index >= 15 is 0 Å². The van der Waals surface area contributed by atoms with Gasteiger partial charge < -0.3 is 15.9 Å². The average molecular weight is 468 g/mol. The van der Waals surface area contributed by atoms with E-state index in [1.807, 2.05) is 44.2 Å². The van der Waals surface area contributed by atoms with Crippen LogP contribution in [0.3, 0.4) is 0 Å². The van der Waals surface area contributed by atoms with Crippen LogP contribution in [0.4, 0.5) is 0 Å². The maximum atomic E-state index is 13.7. The lowest BCUT2D eigenvalue weighted by molar-refractivity contribution is -0.149. The molecular weight excluding hydrogens is 434 g/mol. The number of ketones is 1. The molecule has 182 valence electrons. The number of rotatable bonds is 9. The molecule has 34 heavy (non-hydrogen) atoms. The molecule has 0 aromatic heterocycles. The maximum absolute atomic E-state index is 13.7. The number of likely N-dealkylation sites (tertiary alicyclic amines) is 1. The van der Waals surface area contributed by atoms with Crippen LogP contribution in [-0.2, 0) is 16.1 Å². The van der Waals surface area contributed by atoms with Crippen molar-refractivity contribution in [2.24, 2.45) is 11.7 Å². The van der Waals surface area contributed by atoms with Gasteiger partial charge in [-0.2, -0.15) is 0 Å². The SMILES string of the molecule is CC[C@H](C)[C@H](N)C(=O)N(Cc1ccccc1)C(=O)[C@@H]1CCCN1CC(=O)c1ccc(O)c(O)c1. The van der Waals surface area contributed by atoms with Crippen molar-refractivity contribution in [3.63, 3.8) is 0 Å². The molecule has 2 aromatic rings. The molecule has 1 heterocycles. The average Bonchev–Trinajstić information content (AvgIpc) is 3.31. The number of nitrogens with zero attached hydrogens (tertiary/aromatic N) is 2. The third-order valence-electron chi connectivity index (χ3n) is 6.55. The van der Waals surface area contributed by atoms with E-state index < -0.39 is 18.0 Å². The summed E-state index contributed by atoms with van der Waals surface area (Å²) in [5, 5.41) is 19.2. The molecule has 8 heteroatoms. The molecule has 1 aliphatic rings. The Labute approximate surface area is 200 Å². The molecule has 0 bridgehead atoms. The van der Waals surface area contributed by atoms with E-state index in [-0.39, 0.29) is 47.8 Å². The zero-order valence-electron chi connectivity index (χ0n) is 19.7. The number of carbonyl (C=O) groups excluding carboxylic acids is 3. The second kappa shape index (κ2) is 11.3. The molecule has 3 atom stereocenters. The molecule has 8 nitrogen and oxygen atoms in total. The first-order valence-electron chi connectivity index (χ1n) is 11.7. The van der Waals surface area contributed by atoms with Crippen molar-refractivity contribution in [2.75, 3.05) is 13.1 Å². The molecule has 4 N–H and O–H groups in total. The van der Waals surface area contributed by atoms with E-state index in [2.05, 4.69) is 0 Å². The number of phenolic OH excluding ortho intramolecular Hbond substituents is 2. The Morgan fingerprint density at radius 2 is 1.82 bits per heavy atom. The van der Waals surface area contributed by atoms with Crippen LogP contribution < -0.4 is 5.73 Å². The lowest BCUT2D eigenvalue weighted by atomic mass is 9.98. The van der Waals surface area contributed by atoms with Gasteiger partial charge in [0, 0.05) is 5.56 Å². The fourth-order valence-corrected chi connectivity index (χ4v) is 4.16. The van der Waals surface area contributed by atoms with Crippen LogP contribution in [0.2, 0.25) is 0 Å². The minimum absolute atomic E-state index is 0.0363. The van der Waals surface area contributed by atoms with Crippen LogP contribution in [0.1, 0.15) is 49.0 Å². The van der Waals surface area contributed by atoms with Gasteiger partial charge in [0.2, 0.25) is 11.8 Å². The van der Waals surface area contributed by atoms with Crippen molar-refractivity contribution < 1.29 is 24.6 Å². The minimum Gasteiger partial charge on any atom is -0.504 e. The van der Waals surface area contributed by atoms with Crippen molar-refractivity contribution in [3.8, 4) is 11.5 Å². The van der Waals surface area contributed by atoms with Crippen molar-refractivity contribution >= 4 is 17.6 Å². The van der Waals surface area contributed by atoms with E-state index in [1.54, 1.807) is 4.90 Å². The largest absolute Gasteiger partial charge is 0.504 e. The van der Waals surface area contributed by atoms with E-state index in [9.17, 15) is 24.6 Å². The third-order valence-corrected chi connectivity index (χ3v) is 6.55. The monoisotopic (exact) mass is 467 g/mol. The molecule has 0 aliphatic carbocycles. The Kier molecular flexibility index (Phi) is 8.41. The van der Waals surface area contributed by atoms with Gasteiger partial charge in [0.25, 0.3) is 0 Å². The van der Waals surface area contributed by atoms with Gasteiger partial charge in [-0.3, -0.25) is 24.2 Å². The molecule has 2 amide bonds. The van der Waals surface area contributed by atoms with Crippen LogP contribution in [0.5, 0.6) is 11.5 Å². The van der Waals surface area contributed by atoms with E-state index in [1.165, 1.54) is 23.1 Å². The summed E-state index contributed by atoms with van der Waals surface area (Å²) in [6.07, 6.45) is 1.96. The van der Waals surface area contributed by atoms with Gasteiger partial charge in [0.1, 0.15) is 0 Å². The summed E-state index contributed by atoms with van der Waals surface area (Å²) in [4.78, 5) is 42.8. The molecule has 0 spiro atoms. The molecule has 1 aliphatic heterocycles. The number of amides is 2. The summed E-state index contributed by atoms with van der Waals surface area (Å²) in [7, 11) is 0. The van der Waals surface area contributed by atoms with Gasteiger partial charge in [0.15, 0.2) is 17.3 Å². The van der Waals surface area contributed by atoms with Crippen molar-refractivity contribution in [1.29, 1.82) is 0 Å². The summed E-state index contributed by atoms with van der Waals surface area (Å²) in [6, 6.07) is 11.8. The summed E-state index contributed by atoms with van der Waals surface area (Å²) >= 11 is 0. The summed E-state index contributed by atoms with van der Waals surface area (Å²) in [5.41, 5.74) is 7.29. The smallest absolute Gasteiger partial charge is 0.246 e. The highest BCUT2D eigenvalue weighted by Gasteiger charge is 2.38. The predicted octanol–water partition coefficient (Wildman–Crippen LogP) is 2.67. The van der Waals surface area contributed by atoms with Crippen LogP contribution in [0, 0.1) is 5.92 Å². The Morgan fingerprint density at radius 3 is 2.47 bits per heavy atom. The van der Waals surface area contributed by atoms with Crippen LogP contribution >= 0.6 is 0 Å². The predicted molar refractivity (Wildman–Crippen MR) is 128 cm³/mol. The second-order valence-corrected chi connectivity index (χ2v) is 8.91. The van der Waals surface area contributed by atoms with Crippen molar-refractivity contribution in [3.05, 3.63) is 59.7 Å². The Morgan fingerprint density at radius 1 is 1.12 bits per heavy atom. The zero-order chi connectivity index (χ0) is 24.8. The van der Waals surface area contributed by atoms with Crippen molar-refractivity contribution in [2.45, 2.75) is 51.7 Å². The highest BCUT2D eigenvalue weighted by molar-refractivity contribution is 6.01. The van der Waals surface area contributed by atoms with Crippen molar-refractivity contribution in [1.82, 2.24) is 9.80 Å². The fraction of sp³-hybridized carbons (Fsp3) is 0.423. The van der Waals surface area contributed by atoms with Crippen LogP contribution in [0.25, 0.3) is 0 Å². The highest BCUT2D eigenvalue weighted by Crippen LogP contribution is 2.26. The highest BCUT2D eigenvalue weighted by atomic mass is 16.3.